The molecule has 2 nitrogen and oxygen atoms in total. The van der Waals surface area contributed by atoms with Gasteiger partial charge in [0.15, 0.2) is 5.11 Å². The Bertz CT molecular complexity index is 160. The summed E-state index contributed by atoms with van der Waals surface area (Å²) in [6.45, 7) is 4.50. The van der Waals surface area contributed by atoms with Crippen LogP contribution in [0, 0.1) is 0 Å². The van der Waals surface area contributed by atoms with Crippen LogP contribution >= 0.6 is 12.2 Å². The number of hydrogen-bond acceptors (Lipinski definition) is 1. The minimum absolute atomic E-state index is 0.605. The van der Waals surface area contributed by atoms with Gasteiger partial charge in [0.25, 0.3) is 0 Å². The zero-order chi connectivity index (χ0) is 9.14. The van der Waals surface area contributed by atoms with Crippen LogP contribution in [-0.4, -0.2) is 29.1 Å². The normalized spacial score (nSPS) is 30.1. The molecular formula is C9H18N2S. The molecule has 0 aliphatic carbocycles. The molecule has 70 valence electrons. The number of thiocarbonyl (C=S) groups is 1. The lowest BCUT2D eigenvalue weighted by Crippen LogP contribution is -2.50. The summed E-state index contributed by atoms with van der Waals surface area (Å²) < 4.78 is 0. The lowest BCUT2D eigenvalue weighted by atomic mass is 9.98. The molecular weight excluding hydrogens is 168 g/mol. The van der Waals surface area contributed by atoms with Crippen LogP contribution in [0.15, 0.2) is 0 Å². The summed E-state index contributed by atoms with van der Waals surface area (Å²) in [4.78, 5) is 2.32. The van der Waals surface area contributed by atoms with Gasteiger partial charge in [0.05, 0.1) is 0 Å². The van der Waals surface area contributed by atoms with Gasteiger partial charge < -0.3 is 10.2 Å². The monoisotopic (exact) mass is 186 g/mol. The average Bonchev–Trinajstić information content (AvgIpc) is 2.03. The van der Waals surface area contributed by atoms with Crippen LogP contribution in [0.25, 0.3) is 0 Å². The van der Waals surface area contributed by atoms with Crippen molar-refractivity contribution in [2.45, 2.75) is 45.2 Å². The highest BCUT2D eigenvalue weighted by molar-refractivity contribution is 7.80. The summed E-state index contributed by atoms with van der Waals surface area (Å²) in [5.74, 6) is 0. The van der Waals surface area contributed by atoms with Crippen LogP contribution in [0.2, 0.25) is 0 Å². The summed E-state index contributed by atoms with van der Waals surface area (Å²) in [6, 6.07) is 1.21. The molecule has 3 heteroatoms. The van der Waals surface area contributed by atoms with Gasteiger partial charge in [-0.15, -0.1) is 0 Å². The zero-order valence-corrected chi connectivity index (χ0v) is 8.95. The van der Waals surface area contributed by atoms with Crippen molar-refractivity contribution in [1.82, 2.24) is 10.2 Å². The molecule has 1 saturated heterocycles. The van der Waals surface area contributed by atoms with Crippen LogP contribution in [-0.2, 0) is 0 Å². The van der Waals surface area contributed by atoms with E-state index >= 15 is 0 Å². The second-order valence-corrected chi connectivity index (χ2v) is 3.98. The molecule has 0 aromatic rings. The Labute approximate surface area is 80.3 Å². The van der Waals surface area contributed by atoms with Gasteiger partial charge in [-0.1, -0.05) is 0 Å². The van der Waals surface area contributed by atoms with Gasteiger partial charge in [0, 0.05) is 19.1 Å². The molecule has 0 bridgehead atoms. The minimum Gasteiger partial charge on any atom is -0.366 e. The predicted octanol–water partition coefficient (Wildman–Crippen LogP) is 1.75. The molecule has 12 heavy (non-hydrogen) atoms. The molecule has 1 aliphatic heterocycles. The Morgan fingerprint density at radius 2 is 1.83 bits per heavy atom. The van der Waals surface area contributed by atoms with E-state index in [4.69, 9.17) is 12.2 Å². The Hall–Kier alpha value is -0.310. The zero-order valence-electron chi connectivity index (χ0n) is 8.13. The number of nitrogens with one attached hydrogen (secondary N) is 1. The molecule has 0 amide bonds. The summed E-state index contributed by atoms with van der Waals surface area (Å²) in [7, 11) is 1.90. The molecule has 0 saturated carbocycles. The summed E-state index contributed by atoms with van der Waals surface area (Å²) in [6.07, 6.45) is 3.88. The van der Waals surface area contributed by atoms with Gasteiger partial charge in [-0.2, -0.15) is 0 Å². The first kappa shape index (κ1) is 9.78. The van der Waals surface area contributed by atoms with Crippen LogP contribution in [0.3, 0.4) is 0 Å². The van der Waals surface area contributed by atoms with Crippen LogP contribution < -0.4 is 5.32 Å². The van der Waals surface area contributed by atoms with Crippen molar-refractivity contribution in [3.05, 3.63) is 0 Å². The topological polar surface area (TPSA) is 15.3 Å². The Morgan fingerprint density at radius 1 is 1.33 bits per heavy atom. The first-order valence-electron chi connectivity index (χ1n) is 4.67. The second kappa shape index (κ2) is 4.08. The Kier molecular flexibility index (Phi) is 3.32. The van der Waals surface area contributed by atoms with Crippen LogP contribution in [0.4, 0.5) is 0 Å². The van der Waals surface area contributed by atoms with E-state index < -0.39 is 0 Å². The molecule has 2 atom stereocenters. The SMILES string of the molecule is CNC(=S)N1C(C)CCCC1C. The first-order chi connectivity index (χ1) is 5.66. The largest absolute Gasteiger partial charge is 0.366 e. The second-order valence-electron chi connectivity index (χ2n) is 3.59. The molecule has 0 aromatic heterocycles. The lowest BCUT2D eigenvalue weighted by molar-refractivity contribution is 0.190. The van der Waals surface area contributed by atoms with E-state index in [9.17, 15) is 0 Å². The smallest absolute Gasteiger partial charge is 0.169 e. The Morgan fingerprint density at radius 3 is 2.25 bits per heavy atom. The van der Waals surface area contributed by atoms with E-state index in [1.165, 1.54) is 19.3 Å². The van der Waals surface area contributed by atoms with Crippen LogP contribution in [0.1, 0.15) is 33.1 Å². The summed E-state index contributed by atoms with van der Waals surface area (Å²) >= 11 is 5.24. The number of hydrogen-bond donors (Lipinski definition) is 1. The van der Waals surface area contributed by atoms with Crippen molar-refractivity contribution in [2.75, 3.05) is 7.05 Å². The average molecular weight is 186 g/mol. The molecule has 0 radical (unpaired) electrons. The maximum absolute atomic E-state index is 5.24. The van der Waals surface area contributed by atoms with Gasteiger partial charge in [-0.05, 0) is 45.3 Å². The molecule has 1 aliphatic rings. The highest BCUT2D eigenvalue weighted by Gasteiger charge is 2.25. The fourth-order valence-corrected chi connectivity index (χ4v) is 2.31. The van der Waals surface area contributed by atoms with E-state index in [-0.39, 0.29) is 0 Å². The highest BCUT2D eigenvalue weighted by atomic mass is 32.1. The van der Waals surface area contributed by atoms with Crippen molar-refractivity contribution in [2.24, 2.45) is 0 Å². The van der Waals surface area contributed by atoms with E-state index in [0.29, 0.717) is 12.1 Å². The van der Waals surface area contributed by atoms with Crippen molar-refractivity contribution >= 4 is 17.3 Å². The number of rotatable bonds is 0. The standard InChI is InChI=1S/C9H18N2S/c1-7-5-4-6-8(2)11(7)9(12)10-3/h7-8H,4-6H2,1-3H3,(H,10,12). The fraction of sp³-hybridized carbons (Fsp3) is 0.889. The molecule has 1 N–H and O–H groups in total. The lowest BCUT2D eigenvalue weighted by Gasteiger charge is -2.40. The molecule has 0 aromatic carbocycles. The van der Waals surface area contributed by atoms with Gasteiger partial charge in [0.2, 0.25) is 0 Å². The van der Waals surface area contributed by atoms with Crippen molar-refractivity contribution in [3.63, 3.8) is 0 Å². The minimum atomic E-state index is 0.605. The maximum atomic E-state index is 5.24. The molecule has 1 rings (SSSR count). The third-order valence-corrected chi connectivity index (χ3v) is 3.06. The van der Waals surface area contributed by atoms with E-state index in [1.54, 1.807) is 0 Å². The summed E-state index contributed by atoms with van der Waals surface area (Å²) in [5.41, 5.74) is 0. The highest BCUT2D eigenvalue weighted by Crippen LogP contribution is 2.22. The van der Waals surface area contributed by atoms with E-state index in [2.05, 4.69) is 24.1 Å². The van der Waals surface area contributed by atoms with Crippen molar-refractivity contribution in [1.29, 1.82) is 0 Å². The molecule has 1 fully saturated rings. The van der Waals surface area contributed by atoms with E-state index in [1.807, 2.05) is 7.05 Å². The first-order valence-corrected chi connectivity index (χ1v) is 5.07. The van der Waals surface area contributed by atoms with Crippen LogP contribution in [0.5, 0.6) is 0 Å². The fourth-order valence-electron chi connectivity index (χ4n) is 1.95. The third-order valence-electron chi connectivity index (χ3n) is 2.64. The van der Waals surface area contributed by atoms with Gasteiger partial charge >= 0.3 is 0 Å². The number of piperidine rings is 1. The summed E-state index contributed by atoms with van der Waals surface area (Å²) in [5, 5.41) is 3.95. The quantitative estimate of drug-likeness (QED) is 0.580. The maximum Gasteiger partial charge on any atom is 0.169 e. The third kappa shape index (κ3) is 1.89. The number of likely N-dealkylation sites (tertiary alicyclic amines) is 1. The predicted molar refractivity (Wildman–Crippen MR) is 56.3 cm³/mol. The molecule has 2 unspecified atom stereocenters. The van der Waals surface area contributed by atoms with Gasteiger partial charge in [-0.25, -0.2) is 0 Å². The number of nitrogens with zero attached hydrogens (tertiary/aromatic N) is 1. The van der Waals surface area contributed by atoms with E-state index in [0.717, 1.165) is 5.11 Å². The Balaban J connectivity index is 2.62. The van der Waals surface area contributed by atoms with Crippen molar-refractivity contribution in [3.8, 4) is 0 Å². The molecule has 1 heterocycles. The van der Waals surface area contributed by atoms with Gasteiger partial charge in [0.1, 0.15) is 0 Å². The van der Waals surface area contributed by atoms with Crippen molar-refractivity contribution < 1.29 is 0 Å². The van der Waals surface area contributed by atoms with Gasteiger partial charge in [-0.3, -0.25) is 0 Å². The molecule has 0 spiro atoms.